The van der Waals surface area contributed by atoms with Gasteiger partial charge in [-0.2, -0.15) is 0 Å². The molecule has 0 unspecified atom stereocenters. The number of halogens is 1. The maximum Gasteiger partial charge on any atom is 0.328 e. The van der Waals surface area contributed by atoms with Crippen molar-refractivity contribution in [3.8, 4) is 0 Å². The zero-order valence-electron chi connectivity index (χ0n) is 11.5. The molecule has 1 atom stereocenters. The molecule has 1 aromatic carbocycles. The summed E-state index contributed by atoms with van der Waals surface area (Å²) in [6.07, 6.45) is 2.11. The largest absolute Gasteiger partial charge is 0.467 e. The van der Waals surface area contributed by atoms with Gasteiger partial charge in [0.15, 0.2) is 0 Å². The molecular weight excluding hydrogens is 280 g/mol. The van der Waals surface area contributed by atoms with E-state index in [2.05, 4.69) is 5.32 Å². The first-order chi connectivity index (χ1) is 9.19. The van der Waals surface area contributed by atoms with Gasteiger partial charge in [-0.05, 0) is 37.9 Å². The molecule has 0 saturated heterocycles. The highest BCUT2D eigenvalue weighted by atomic mass is 35.5. The van der Waals surface area contributed by atoms with Crippen LogP contribution < -0.4 is 11.1 Å². The Labute approximate surface area is 125 Å². The fourth-order valence-electron chi connectivity index (χ4n) is 1.72. The third-order valence-corrected chi connectivity index (χ3v) is 2.77. The summed E-state index contributed by atoms with van der Waals surface area (Å²) in [5, 5.41) is 2.69. The number of hydrogen-bond acceptors (Lipinski definition) is 4. The topological polar surface area (TPSA) is 81.4 Å². The maximum atomic E-state index is 12.0. The molecule has 0 bridgehead atoms. The van der Waals surface area contributed by atoms with Crippen LogP contribution in [0, 0.1) is 0 Å². The number of unbranched alkanes of at least 4 members (excludes halogenated alkanes) is 1. The molecule has 6 heteroatoms. The summed E-state index contributed by atoms with van der Waals surface area (Å²) in [6, 6.07) is 8.15. The van der Waals surface area contributed by atoms with Crippen LogP contribution in [0.2, 0.25) is 0 Å². The van der Waals surface area contributed by atoms with Crippen LogP contribution in [-0.4, -0.2) is 31.6 Å². The minimum absolute atomic E-state index is 0. The highest BCUT2D eigenvalue weighted by molar-refractivity contribution is 5.96. The summed E-state index contributed by atoms with van der Waals surface area (Å²) in [5.41, 5.74) is 5.94. The summed E-state index contributed by atoms with van der Waals surface area (Å²) < 4.78 is 4.69. The number of nitrogens with one attached hydrogen (secondary N) is 1. The lowest BCUT2D eigenvalue weighted by Gasteiger charge is -2.16. The molecule has 0 fully saturated rings. The Bertz CT molecular complexity index is 412. The lowest BCUT2D eigenvalue weighted by Crippen LogP contribution is -2.41. The van der Waals surface area contributed by atoms with Gasteiger partial charge in [0.1, 0.15) is 6.04 Å². The van der Waals surface area contributed by atoms with E-state index in [1.807, 2.05) is 6.07 Å². The average molecular weight is 301 g/mol. The quantitative estimate of drug-likeness (QED) is 0.591. The SMILES string of the molecule is COC(=O)[C@H](CCCCN)NC(=O)c1ccccc1.Cl. The third-order valence-electron chi connectivity index (χ3n) is 2.77. The number of amides is 1. The van der Waals surface area contributed by atoms with E-state index in [0.717, 1.165) is 12.8 Å². The van der Waals surface area contributed by atoms with Gasteiger partial charge in [-0.1, -0.05) is 18.2 Å². The third kappa shape index (κ3) is 6.04. The summed E-state index contributed by atoms with van der Waals surface area (Å²) >= 11 is 0. The molecular formula is C14H21ClN2O3. The molecule has 3 N–H and O–H groups in total. The van der Waals surface area contributed by atoms with Crippen LogP contribution >= 0.6 is 12.4 Å². The van der Waals surface area contributed by atoms with Crippen molar-refractivity contribution in [2.24, 2.45) is 5.73 Å². The molecule has 0 radical (unpaired) electrons. The second-order valence-electron chi connectivity index (χ2n) is 4.20. The molecule has 1 aromatic rings. The van der Waals surface area contributed by atoms with E-state index in [9.17, 15) is 9.59 Å². The lowest BCUT2D eigenvalue weighted by molar-refractivity contribution is -0.143. The van der Waals surface area contributed by atoms with E-state index in [-0.39, 0.29) is 18.3 Å². The van der Waals surface area contributed by atoms with Gasteiger partial charge in [0.2, 0.25) is 0 Å². The standard InChI is InChI=1S/C14H20N2O3.ClH/c1-19-14(18)12(9-5-6-10-15)16-13(17)11-7-3-2-4-8-11;/h2-4,7-8,12H,5-6,9-10,15H2,1H3,(H,16,17);1H/t12-;/m0./s1. The second-order valence-corrected chi connectivity index (χ2v) is 4.20. The Balaban J connectivity index is 0.00000361. The van der Waals surface area contributed by atoms with Crippen molar-refractivity contribution in [2.75, 3.05) is 13.7 Å². The van der Waals surface area contributed by atoms with E-state index < -0.39 is 12.0 Å². The highest BCUT2D eigenvalue weighted by Gasteiger charge is 2.21. The van der Waals surface area contributed by atoms with Crippen LogP contribution in [0.4, 0.5) is 0 Å². The Kier molecular flexibility index (Phi) is 9.41. The molecule has 5 nitrogen and oxygen atoms in total. The number of hydrogen-bond donors (Lipinski definition) is 2. The Hall–Kier alpha value is -1.59. The van der Waals surface area contributed by atoms with Crippen LogP contribution in [0.3, 0.4) is 0 Å². The van der Waals surface area contributed by atoms with E-state index in [1.54, 1.807) is 24.3 Å². The minimum Gasteiger partial charge on any atom is -0.467 e. The molecule has 0 spiro atoms. The van der Waals surface area contributed by atoms with Gasteiger partial charge in [-0.3, -0.25) is 4.79 Å². The second kappa shape index (κ2) is 10.2. The number of benzene rings is 1. The number of rotatable bonds is 7. The highest BCUT2D eigenvalue weighted by Crippen LogP contribution is 2.05. The fourth-order valence-corrected chi connectivity index (χ4v) is 1.72. The minimum atomic E-state index is -0.621. The Morgan fingerprint density at radius 3 is 2.45 bits per heavy atom. The number of carbonyl (C=O) groups is 2. The molecule has 0 heterocycles. The number of carbonyl (C=O) groups excluding carboxylic acids is 2. The summed E-state index contributed by atoms with van der Waals surface area (Å²) in [4.78, 5) is 23.6. The Morgan fingerprint density at radius 2 is 1.90 bits per heavy atom. The number of methoxy groups -OCH3 is 1. The van der Waals surface area contributed by atoms with E-state index >= 15 is 0 Å². The van der Waals surface area contributed by atoms with Gasteiger partial charge in [0, 0.05) is 5.56 Å². The predicted molar refractivity (Wildman–Crippen MR) is 79.9 cm³/mol. The molecule has 0 aliphatic carbocycles. The van der Waals surface area contributed by atoms with Crippen molar-refractivity contribution in [3.63, 3.8) is 0 Å². The summed E-state index contributed by atoms with van der Waals surface area (Å²) in [7, 11) is 1.31. The first-order valence-electron chi connectivity index (χ1n) is 6.33. The monoisotopic (exact) mass is 300 g/mol. The molecule has 0 aliphatic rings. The maximum absolute atomic E-state index is 12.0. The number of nitrogens with two attached hydrogens (primary N) is 1. The molecule has 0 aromatic heterocycles. The predicted octanol–water partition coefficient (Wildman–Crippen LogP) is 1.51. The molecule has 20 heavy (non-hydrogen) atoms. The van der Waals surface area contributed by atoms with Gasteiger partial charge in [0.25, 0.3) is 5.91 Å². The average Bonchev–Trinajstić information content (AvgIpc) is 2.46. The first-order valence-corrected chi connectivity index (χ1v) is 6.33. The van der Waals surface area contributed by atoms with Crippen LogP contribution in [0.5, 0.6) is 0 Å². The number of esters is 1. The van der Waals surface area contributed by atoms with E-state index in [1.165, 1.54) is 7.11 Å². The summed E-state index contributed by atoms with van der Waals surface area (Å²) in [5.74, 6) is -0.704. The van der Waals surface area contributed by atoms with Crippen LogP contribution in [0.1, 0.15) is 29.6 Å². The van der Waals surface area contributed by atoms with Gasteiger partial charge < -0.3 is 15.8 Å². The number of ether oxygens (including phenoxy) is 1. The van der Waals surface area contributed by atoms with Gasteiger partial charge in [0.05, 0.1) is 7.11 Å². The van der Waals surface area contributed by atoms with Crippen molar-refractivity contribution in [3.05, 3.63) is 35.9 Å². The zero-order chi connectivity index (χ0) is 14.1. The van der Waals surface area contributed by atoms with E-state index in [4.69, 9.17) is 10.5 Å². The van der Waals surface area contributed by atoms with Crippen molar-refractivity contribution < 1.29 is 14.3 Å². The van der Waals surface area contributed by atoms with Gasteiger partial charge in [-0.25, -0.2) is 4.79 Å². The van der Waals surface area contributed by atoms with Gasteiger partial charge >= 0.3 is 5.97 Å². The molecule has 0 saturated carbocycles. The molecule has 0 aliphatic heterocycles. The molecule has 1 rings (SSSR count). The zero-order valence-corrected chi connectivity index (χ0v) is 12.3. The lowest BCUT2D eigenvalue weighted by atomic mass is 10.1. The van der Waals surface area contributed by atoms with Crippen LogP contribution in [0.15, 0.2) is 30.3 Å². The first kappa shape index (κ1) is 18.4. The van der Waals surface area contributed by atoms with Gasteiger partial charge in [-0.15, -0.1) is 12.4 Å². The fraction of sp³-hybridized carbons (Fsp3) is 0.429. The van der Waals surface area contributed by atoms with Crippen molar-refractivity contribution in [2.45, 2.75) is 25.3 Å². The normalized spacial score (nSPS) is 11.1. The Morgan fingerprint density at radius 1 is 1.25 bits per heavy atom. The van der Waals surface area contributed by atoms with Crippen molar-refractivity contribution in [1.29, 1.82) is 0 Å². The molecule has 112 valence electrons. The van der Waals surface area contributed by atoms with Crippen LogP contribution in [0.25, 0.3) is 0 Å². The van der Waals surface area contributed by atoms with Crippen molar-refractivity contribution in [1.82, 2.24) is 5.32 Å². The van der Waals surface area contributed by atoms with E-state index in [0.29, 0.717) is 18.5 Å². The van der Waals surface area contributed by atoms with Crippen LogP contribution in [-0.2, 0) is 9.53 Å². The summed E-state index contributed by atoms with van der Waals surface area (Å²) in [6.45, 7) is 0.570. The smallest absolute Gasteiger partial charge is 0.328 e. The van der Waals surface area contributed by atoms with Crippen molar-refractivity contribution >= 4 is 24.3 Å². The molecule has 1 amide bonds.